The fraction of sp³-hybridized carbons (Fsp3) is 0.200. The van der Waals surface area contributed by atoms with Crippen molar-refractivity contribution in [3.05, 3.63) is 56.3 Å². The molecule has 0 fully saturated rings. The van der Waals surface area contributed by atoms with E-state index in [4.69, 9.17) is 0 Å². The summed E-state index contributed by atoms with van der Waals surface area (Å²) in [6.07, 6.45) is 2.26. The van der Waals surface area contributed by atoms with Gasteiger partial charge in [0, 0.05) is 25.6 Å². The summed E-state index contributed by atoms with van der Waals surface area (Å²) in [4.78, 5) is 3.08. The SMILES string of the molecule is Cc1c2c(c(C)c3c1-c1sccc1C3)-c1sc3ccsc3c1C2. The van der Waals surface area contributed by atoms with E-state index in [1.165, 1.54) is 31.0 Å². The van der Waals surface area contributed by atoms with Gasteiger partial charge in [0.05, 0.1) is 0 Å². The number of benzene rings is 1. The molecule has 0 bridgehead atoms. The third-order valence-electron chi connectivity index (χ3n) is 5.57. The van der Waals surface area contributed by atoms with Crippen LogP contribution in [0.25, 0.3) is 30.3 Å². The lowest BCUT2D eigenvalue weighted by molar-refractivity contribution is 1.18. The predicted octanol–water partition coefficient (Wildman–Crippen LogP) is 6.78. The molecule has 0 atom stereocenters. The molecule has 0 unspecified atom stereocenters. The lowest BCUT2D eigenvalue weighted by Crippen LogP contribution is -1.97. The minimum atomic E-state index is 1.13. The van der Waals surface area contributed by atoms with Gasteiger partial charge in [0.25, 0.3) is 0 Å². The highest BCUT2D eigenvalue weighted by Crippen LogP contribution is 2.55. The molecule has 1 aromatic carbocycles. The fourth-order valence-corrected chi connectivity index (χ4v) is 8.05. The highest BCUT2D eigenvalue weighted by Gasteiger charge is 2.33. The maximum absolute atomic E-state index is 2.36. The van der Waals surface area contributed by atoms with E-state index >= 15 is 0 Å². The zero-order valence-corrected chi connectivity index (χ0v) is 15.4. The van der Waals surface area contributed by atoms with Gasteiger partial charge in [-0.15, -0.1) is 34.0 Å². The lowest BCUT2D eigenvalue weighted by Gasteiger charge is -2.15. The number of fused-ring (bicyclic) bond motifs is 8. The summed E-state index contributed by atoms with van der Waals surface area (Å²) in [5.41, 5.74) is 12.5. The van der Waals surface area contributed by atoms with Gasteiger partial charge in [-0.25, -0.2) is 0 Å². The molecular formula is C20H14S3. The molecule has 0 saturated carbocycles. The Bertz CT molecular complexity index is 1130. The van der Waals surface area contributed by atoms with Crippen molar-refractivity contribution >= 4 is 43.4 Å². The predicted molar refractivity (Wildman–Crippen MR) is 104 cm³/mol. The second-order valence-electron chi connectivity index (χ2n) is 6.61. The van der Waals surface area contributed by atoms with Gasteiger partial charge in [-0.2, -0.15) is 0 Å². The van der Waals surface area contributed by atoms with Crippen LogP contribution in [0.15, 0.2) is 22.9 Å². The van der Waals surface area contributed by atoms with Crippen molar-refractivity contribution in [2.75, 3.05) is 0 Å². The van der Waals surface area contributed by atoms with Gasteiger partial charge in [0.2, 0.25) is 0 Å². The van der Waals surface area contributed by atoms with Crippen LogP contribution in [0, 0.1) is 13.8 Å². The van der Waals surface area contributed by atoms with Crippen LogP contribution < -0.4 is 0 Å². The molecular weight excluding hydrogens is 336 g/mol. The van der Waals surface area contributed by atoms with Crippen molar-refractivity contribution in [1.29, 1.82) is 0 Å². The van der Waals surface area contributed by atoms with Crippen molar-refractivity contribution in [3.63, 3.8) is 0 Å². The van der Waals surface area contributed by atoms with E-state index in [2.05, 4.69) is 36.7 Å². The van der Waals surface area contributed by atoms with Gasteiger partial charge < -0.3 is 0 Å². The van der Waals surface area contributed by atoms with E-state index in [0.29, 0.717) is 0 Å². The van der Waals surface area contributed by atoms with Crippen molar-refractivity contribution in [1.82, 2.24) is 0 Å². The van der Waals surface area contributed by atoms with Crippen LogP contribution in [0.3, 0.4) is 0 Å². The van der Waals surface area contributed by atoms with Crippen LogP contribution in [0.2, 0.25) is 0 Å². The molecule has 0 spiro atoms. The molecule has 23 heavy (non-hydrogen) atoms. The van der Waals surface area contributed by atoms with E-state index < -0.39 is 0 Å². The monoisotopic (exact) mass is 350 g/mol. The Morgan fingerprint density at radius 2 is 1.52 bits per heavy atom. The summed E-state index contributed by atoms with van der Waals surface area (Å²) in [6, 6.07) is 4.60. The summed E-state index contributed by atoms with van der Waals surface area (Å²) < 4.78 is 3.00. The van der Waals surface area contributed by atoms with E-state index in [0.717, 1.165) is 12.8 Å². The molecule has 0 radical (unpaired) electrons. The van der Waals surface area contributed by atoms with Crippen molar-refractivity contribution in [3.8, 4) is 20.9 Å². The zero-order chi connectivity index (χ0) is 15.3. The molecule has 0 nitrogen and oxygen atoms in total. The Hall–Kier alpha value is -1.42. The Morgan fingerprint density at radius 3 is 2.39 bits per heavy atom. The third kappa shape index (κ3) is 1.43. The molecule has 6 rings (SSSR count). The number of hydrogen-bond donors (Lipinski definition) is 0. The minimum absolute atomic E-state index is 1.13. The number of rotatable bonds is 0. The first-order valence-corrected chi connectivity index (χ1v) is 10.5. The van der Waals surface area contributed by atoms with Crippen LogP contribution in [0.5, 0.6) is 0 Å². The van der Waals surface area contributed by atoms with Crippen LogP contribution in [-0.2, 0) is 12.8 Å². The largest absolute Gasteiger partial charge is 0.144 e. The normalized spacial score (nSPS) is 14.2. The van der Waals surface area contributed by atoms with E-state index in [-0.39, 0.29) is 0 Å². The number of hydrogen-bond acceptors (Lipinski definition) is 3. The van der Waals surface area contributed by atoms with Gasteiger partial charge in [-0.1, -0.05) is 0 Å². The van der Waals surface area contributed by atoms with E-state index in [9.17, 15) is 0 Å². The quantitative estimate of drug-likeness (QED) is 0.283. The van der Waals surface area contributed by atoms with E-state index in [1.54, 1.807) is 32.7 Å². The first kappa shape index (κ1) is 12.9. The van der Waals surface area contributed by atoms with Crippen molar-refractivity contribution in [2.24, 2.45) is 0 Å². The summed E-state index contributed by atoms with van der Waals surface area (Å²) in [5.74, 6) is 0. The molecule has 3 aromatic heterocycles. The summed E-state index contributed by atoms with van der Waals surface area (Å²) in [5, 5.41) is 4.49. The zero-order valence-electron chi connectivity index (χ0n) is 12.9. The molecule has 0 aliphatic heterocycles. The molecule has 2 aliphatic carbocycles. The Labute approximate surface area is 147 Å². The first-order valence-electron chi connectivity index (χ1n) is 7.95. The second-order valence-corrected chi connectivity index (χ2v) is 9.49. The molecule has 3 heteroatoms. The van der Waals surface area contributed by atoms with Gasteiger partial charge in [0.15, 0.2) is 0 Å². The van der Waals surface area contributed by atoms with Crippen molar-refractivity contribution in [2.45, 2.75) is 26.7 Å². The molecule has 0 amide bonds. The topological polar surface area (TPSA) is 0 Å². The number of thiophene rings is 3. The molecule has 0 N–H and O–H groups in total. The average molecular weight is 351 g/mol. The third-order valence-corrected chi connectivity index (χ3v) is 8.86. The van der Waals surface area contributed by atoms with Gasteiger partial charge in [-0.3, -0.25) is 0 Å². The summed E-state index contributed by atoms with van der Waals surface area (Å²) in [6.45, 7) is 4.71. The van der Waals surface area contributed by atoms with Crippen LogP contribution >= 0.6 is 34.0 Å². The van der Waals surface area contributed by atoms with Gasteiger partial charge >= 0.3 is 0 Å². The second kappa shape index (κ2) is 4.15. The van der Waals surface area contributed by atoms with Gasteiger partial charge in [0.1, 0.15) is 0 Å². The van der Waals surface area contributed by atoms with Crippen LogP contribution in [0.4, 0.5) is 0 Å². The first-order chi connectivity index (χ1) is 11.2. The highest BCUT2D eigenvalue weighted by molar-refractivity contribution is 7.29. The Morgan fingerprint density at radius 1 is 0.783 bits per heavy atom. The highest BCUT2D eigenvalue weighted by atomic mass is 32.1. The fourth-order valence-electron chi connectivity index (χ4n) is 4.48. The maximum atomic E-state index is 2.36. The average Bonchev–Trinajstić information content (AvgIpc) is 3.26. The molecule has 0 saturated heterocycles. The smallest absolute Gasteiger partial charge is 0.0492 e. The van der Waals surface area contributed by atoms with Crippen LogP contribution in [-0.4, -0.2) is 0 Å². The lowest BCUT2D eigenvalue weighted by atomic mass is 9.90. The standard InChI is InChI=1S/C20H14S3/c1-9-12-7-11-3-5-21-18(11)16(12)10(2)13-8-14-19-15(4-6-22-19)23-20(14)17(9)13/h3-6H,7-8H2,1-2H3. The molecule has 3 heterocycles. The molecule has 112 valence electrons. The Balaban J connectivity index is 1.72. The molecule has 4 aromatic rings. The van der Waals surface area contributed by atoms with Crippen molar-refractivity contribution < 1.29 is 0 Å². The summed E-state index contributed by atoms with van der Waals surface area (Å²) in [7, 11) is 0. The Kier molecular flexibility index (Phi) is 2.34. The maximum Gasteiger partial charge on any atom is 0.0492 e. The minimum Gasteiger partial charge on any atom is -0.144 e. The van der Waals surface area contributed by atoms with Crippen LogP contribution in [0.1, 0.15) is 33.4 Å². The summed E-state index contributed by atoms with van der Waals surface area (Å²) >= 11 is 5.83. The van der Waals surface area contributed by atoms with E-state index in [1.807, 2.05) is 34.0 Å². The van der Waals surface area contributed by atoms with Gasteiger partial charge in [-0.05, 0) is 87.7 Å². The molecule has 2 aliphatic rings.